The number of aromatic nitrogens is 2. The Hall–Kier alpha value is -2.41. The molecule has 1 aliphatic heterocycles. The van der Waals surface area contributed by atoms with E-state index in [4.69, 9.17) is 9.63 Å². The molecule has 1 fully saturated rings. The normalized spacial score (nSPS) is 17.2. The first-order chi connectivity index (χ1) is 11.0. The molecule has 1 aromatic carbocycles. The largest absolute Gasteiger partial charge is 0.465 e. The molecule has 7 nitrogen and oxygen atoms in total. The Morgan fingerprint density at radius 1 is 1.30 bits per heavy atom. The summed E-state index contributed by atoms with van der Waals surface area (Å²) in [4.78, 5) is 19.1. The second-order valence-electron chi connectivity index (χ2n) is 5.81. The Morgan fingerprint density at radius 2 is 2.04 bits per heavy atom. The average Bonchev–Trinajstić information content (AvgIpc) is 3.04. The fourth-order valence-corrected chi connectivity index (χ4v) is 2.76. The van der Waals surface area contributed by atoms with Crippen molar-refractivity contribution >= 4 is 6.09 Å². The van der Waals surface area contributed by atoms with Gasteiger partial charge in [-0.1, -0.05) is 22.9 Å². The summed E-state index contributed by atoms with van der Waals surface area (Å²) < 4.78 is 5.38. The van der Waals surface area contributed by atoms with Crippen molar-refractivity contribution in [1.82, 2.24) is 19.9 Å². The zero-order valence-corrected chi connectivity index (χ0v) is 13.3. The molecule has 0 bridgehead atoms. The van der Waals surface area contributed by atoms with Gasteiger partial charge < -0.3 is 14.5 Å². The van der Waals surface area contributed by atoms with E-state index in [1.165, 1.54) is 4.90 Å². The van der Waals surface area contributed by atoms with Gasteiger partial charge in [-0.25, -0.2) is 4.79 Å². The van der Waals surface area contributed by atoms with E-state index in [1.54, 1.807) is 0 Å². The van der Waals surface area contributed by atoms with Gasteiger partial charge in [0.1, 0.15) is 0 Å². The van der Waals surface area contributed by atoms with Gasteiger partial charge >= 0.3 is 6.09 Å². The summed E-state index contributed by atoms with van der Waals surface area (Å²) in [5.41, 5.74) is 2.05. The van der Waals surface area contributed by atoms with E-state index in [0.29, 0.717) is 37.9 Å². The van der Waals surface area contributed by atoms with Crippen molar-refractivity contribution in [3.05, 3.63) is 35.7 Å². The number of hydrogen-bond donors (Lipinski definition) is 1. The van der Waals surface area contributed by atoms with Crippen molar-refractivity contribution in [3.8, 4) is 11.5 Å². The number of carbonyl (C=O) groups is 1. The highest BCUT2D eigenvalue weighted by Gasteiger charge is 2.27. The molecule has 2 aromatic rings. The molecule has 1 aliphatic rings. The third kappa shape index (κ3) is 3.34. The van der Waals surface area contributed by atoms with E-state index in [2.05, 4.69) is 15.0 Å². The molecule has 0 radical (unpaired) electrons. The third-order valence-electron chi connectivity index (χ3n) is 4.21. The maximum absolute atomic E-state index is 11.0. The SMILES string of the molecule is Cc1cccc(-c2nc([C@@H](C)N3CCN(C(=O)O)CC3)no2)c1. The van der Waals surface area contributed by atoms with Gasteiger partial charge in [0.25, 0.3) is 5.89 Å². The number of rotatable bonds is 3. The predicted molar refractivity (Wildman–Crippen MR) is 84.1 cm³/mol. The van der Waals surface area contributed by atoms with Crippen LogP contribution in [0.3, 0.4) is 0 Å². The predicted octanol–water partition coefficient (Wildman–Crippen LogP) is 2.40. The first kappa shape index (κ1) is 15.5. The first-order valence-corrected chi connectivity index (χ1v) is 7.67. The van der Waals surface area contributed by atoms with Crippen LogP contribution in [0.1, 0.15) is 24.4 Å². The number of hydrogen-bond acceptors (Lipinski definition) is 5. The standard InChI is InChI=1S/C16H20N4O3/c1-11-4-3-5-13(10-11)15-17-14(18-23-15)12(2)19-6-8-20(9-7-19)16(21)22/h3-5,10,12H,6-9H2,1-2H3,(H,21,22)/t12-/m1/s1. The van der Waals surface area contributed by atoms with Crippen LogP contribution < -0.4 is 0 Å². The summed E-state index contributed by atoms with van der Waals surface area (Å²) in [6.45, 7) is 6.38. The number of carboxylic acid groups (broad SMARTS) is 1. The van der Waals surface area contributed by atoms with E-state index in [9.17, 15) is 4.79 Å². The molecule has 1 amide bonds. The number of aryl methyl sites for hydroxylation is 1. The molecular weight excluding hydrogens is 296 g/mol. The highest BCUT2D eigenvalue weighted by atomic mass is 16.5. The molecule has 23 heavy (non-hydrogen) atoms. The van der Waals surface area contributed by atoms with Crippen LogP contribution in [0.25, 0.3) is 11.5 Å². The second-order valence-corrected chi connectivity index (χ2v) is 5.81. The van der Waals surface area contributed by atoms with Gasteiger partial charge in [-0.2, -0.15) is 4.98 Å². The highest BCUT2D eigenvalue weighted by Crippen LogP contribution is 2.23. The summed E-state index contributed by atoms with van der Waals surface area (Å²) in [6, 6.07) is 7.93. The fourth-order valence-electron chi connectivity index (χ4n) is 2.76. The minimum Gasteiger partial charge on any atom is -0.465 e. The van der Waals surface area contributed by atoms with Crippen LogP contribution in [0, 0.1) is 6.92 Å². The van der Waals surface area contributed by atoms with Crippen LogP contribution in [-0.4, -0.2) is 57.3 Å². The lowest BCUT2D eigenvalue weighted by Gasteiger charge is -2.35. The summed E-state index contributed by atoms with van der Waals surface area (Å²) in [5.74, 6) is 1.14. The monoisotopic (exact) mass is 316 g/mol. The molecule has 7 heteroatoms. The van der Waals surface area contributed by atoms with Crippen LogP contribution in [0.2, 0.25) is 0 Å². The summed E-state index contributed by atoms with van der Waals surface area (Å²) >= 11 is 0. The van der Waals surface area contributed by atoms with Crippen molar-refractivity contribution in [2.24, 2.45) is 0 Å². The average molecular weight is 316 g/mol. The Labute approximate surface area is 134 Å². The number of piperazine rings is 1. The summed E-state index contributed by atoms with van der Waals surface area (Å²) in [5, 5.41) is 13.1. The molecule has 122 valence electrons. The lowest BCUT2D eigenvalue weighted by molar-refractivity contribution is 0.0863. The minimum atomic E-state index is -0.862. The van der Waals surface area contributed by atoms with Gasteiger partial charge in [-0.15, -0.1) is 0 Å². The molecule has 3 rings (SSSR count). The quantitative estimate of drug-likeness (QED) is 0.936. The van der Waals surface area contributed by atoms with Gasteiger partial charge in [0, 0.05) is 31.7 Å². The Bertz CT molecular complexity index is 692. The van der Waals surface area contributed by atoms with Gasteiger partial charge in [0.05, 0.1) is 6.04 Å². The van der Waals surface area contributed by atoms with Crippen molar-refractivity contribution in [2.75, 3.05) is 26.2 Å². The Balaban J connectivity index is 1.69. The Morgan fingerprint density at radius 3 is 2.70 bits per heavy atom. The molecule has 0 spiro atoms. The van der Waals surface area contributed by atoms with Gasteiger partial charge in [-0.05, 0) is 26.0 Å². The summed E-state index contributed by atoms with van der Waals surface area (Å²) in [7, 11) is 0. The molecule has 0 saturated carbocycles. The summed E-state index contributed by atoms with van der Waals surface area (Å²) in [6.07, 6.45) is -0.862. The smallest absolute Gasteiger partial charge is 0.407 e. The molecule has 0 aliphatic carbocycles. The first-order valence-electron chi connectivity index (χ1n) is 7.67. The van der Waals surface area contributed by atoms with Crippen LogP contribution in [-0.2, 0) is 0 Å². The van der Waals surface area contributed by atoms with Gasteiger partial charge in [-0.3, -0.25) is 4.90 Å². The van der Waals surface area contributed by atoms with Gasteiger partial charge in [0.15, 0.2) is 5.82 Å². The second kappa shape index (κ2) is 6.37. The molecule has 1 saturated heterocycles. The number of nitrogens with zero attached hydrogens (tertiary/aromatic N) is 4. The van der Waals surface area contributed by atoms with Crippen LogP contribution in [0.15, 0.2) is 28.8 Å². The Kier molecular flexibility index (Phi) is 4.29. The van der Waals surface area contributed by atoms with Gasteiger partial charge in [0.2, 0.25) is 0 Å². The van der Waals surface area contributed by atoms with E-state index >= 15 is 0 Å². The lowest BCUT2D eigenvalue weighted by atomic mass is 10.1. The zero-order chi connectivity index (χ0) is 16.4. The van der Waals surface area contributed by atoms with E-state index < -0.39 is 6.09 Å². The topological polar surface area (TPSA) is 82.7 Å². The third-order valence-corrected chi connectivity index (χ3v) is 4.21. The van der Waals surface area contributed by atoms with E-state index in [-0.39, 0.29) is 6.04 Å². The maximum Gasteiger partial charge on any atom is 0.407 e. The van der Waals surface area contributed by atoms with E-state index in [0.717, 1.165) is 11.1 Å². The van der Waals surface area contributed by atoms with Crippen molar-refractivity contribution in [2.45, 2.75) is 19.9 Å². The minimum absolute atomic E-state index is 0.00625. The van der Waals surface area contributed by atoms with Crippen molar-refractivity contribution in [3.63, 3.8) is 0 Å². The number of benzene rings is 1. The van der Waals surface area contributed by atoms with E-state index in [1.807, 2.05) is 38.1 Å². The zero-order valence-electron chi connectivity index (χ0n) is 13.3. The molecule has 2 heterocycles. The molecule has 1 aromatic heterocycles. The van der Waals surface area contributed by atoms with Crippen molar-refractivity contribution < 1.29 is 14.4 Å². The molecule has 1 N–H and O–H groups in total. The molecule has 0 unspecified atom stereocenters. The van der Waals surface area contributed by atoms with Crippen molar-refractivity contribution in [1.29, 1.82) is 0 Å². The fraction of sp³-hybridized carbons (Fsp3) is 0.438. The lowest BCUT2D eigenvalue weighted by Crippen LogP contribution is -2.49. The highest BCUT2D eigenvalue weighted by molar-refractivity contribution is 5.65. The molecular formula is C16H20N4O3. The van der Waals surface area contributed by atoms with Crippen LogP contribution in [0.5, 0.6) is 0 Å². The van der Waals surface area contributed by atoms with Crippen LogP contribution in [0.4, 0.5) is 4.79 Å². The number of amides is 1. The molecule has 1 atom stereocenters. The van der Waals surface area contributed by atoms with Crippen LogP contribution >= 0.6 is 0 Å². The maximum atomic E-state index is 11.0.